The van der Waals surface area contributed by atoms with Gasteiger partial charge in [0.1, 0.15) is 0 Å². The summed E-state index contributed by atoms with van der Waals surface area (Å²) in [6.07, 6.45) is 6.99. The molecule has 1 aliphatic rings. The molecule has 0 amide bonds. The molecular formula is C15H17Cl2N3. The zero-order valence-corrected chi connectivity index (χ0v) is 12.9. The first kappa shape index (κ1) is 13.8. The molecule has 0 unspecified atom stereocenters. The van der Waals surface area contributed by atoms with Crippen molar-refractivity contribution in [3.8, 4) is 5.69 Å². The number of halogens is 2. The molecule has 1 aromatic carbocycles. The number of nitrogens with zero attached hydrogens (tertiary/aromatic N) is 2. The Labute approximate surface area is 128 Å². The highest BCUT2D eigenvalue weighted by molar-refractivity contribution is 6.35. The zero-order chi connectivity index (χ0) is 14.1. The van der Waals surface area contributed by atoms with E-state index in [2.05, 4.69) is 10.3 Å². The van der Waals surface area contributed by atoms with Crippen molar-refractivity contribution < 1.29 is 0 Å². The van der Waals surface area contributed by atoms with E-state index in [9.17, 15) is 0 Å². The number of anilines is 1. The molecule has 2 aromatic rings. The standard InChI is InChI=1S/C15H17Cl2N3/c1-10-9-20(14-7-6-11(16)8-13(14)17)15(18-10)19-12-4-2-3-5-12/h6-9,12H,2-5H2,1H3,(H,18,19). The lowest BCUT2D eigenvalue weighted by atomic mass is 10.2. The van der Waals surface area contributed by atoms with Gasteiger partial charge >= 0.3 is 0 Å². The molecule has 1 aromatic heterocycles. The normalized spacial score (nSPS) is 15.8. The maximum absolute atomic E-state index is 6.30. The van der Waals surface area contributed by atoms with Crippen LogP contribution in [0.1, 0.15) is 31.4 Å². The number of hydrogen-bond donors (Lipinski definition) is 1. The molecule has 0 radical (unpaired) electrons. The number of benzene rings is 1. The first-order valence-corrected chi connectivity index (χ1v) is 7.67. The summed E-state index contributed by atoms with van der Waals surface area (Å²) in [5.74, 6) is 0.860. The molecular weight excluding hydrogens is 293 g/mol. The third-order valence-electron chi connectivity index (χ3n) is 3.68. The maximum Gasteiger partial charge on any atom is 0.208 e. The van der Waals surface area contributed by atoms with Crippen LogP contribution in [0.25, 0.3) is 5.69 Å². The van der Waals surface area contributed by atoms with Crippen LogP contribution in [0.3, 0.4) is 0 Å². The first-order chi connectivity index (χ1) is 9.63. The summed E-state index contributed by atoms with van der Waals surface area (Å²) in [6, 6.07) is 6.04. The monoisotopic (exact) mass is 309 g/mol. The minimum Gasteiger partial charge on any atom is -0.353 e. The van der Waals surface area contributed by atoms with Crippen molar-refractivity contribution in [2.24, 2.45) is 0 Å². The van der Waals surface area contributed by atoms with Gasteiger partial charge in [0, 0.05) is 17.3 Å². The fraction of sp³-hybridized carbons (Fsp3) is 0.400. The Kier molecular flexibility index (Phi) is 3.90. The molecule has 1 heterocycles. The predicted octanol–water partition coefficient (Wildman–Crippen LogP) is 4.84. The van der Waals surface area contributed by atoms with Crippen LogP contribution < -0.4 is 5.32 Å². The molecule has 20 heavy (non-hydrogen) atoms. The first-order valence-electron chi connectivity index (χ1n) is 6.91. The smallest absolute Gasteiger partial charge is 0.208 e. The van der Waals surface area contributed by atoms with E-state index < -0.39 is 0 Å². The lowest BCUT2D eigenvalue weighted by molar-refractivity contribution is 0.740. The lowest BCUT2D eigenvalue weighted by Crippen LogP contribution is -2.17. The molecule has 0 aliphatic heterocycles. The fourth-order valence-corrected chi connectivity index (χ4v) is 3.21. The number of hydrogen-bond acceptors (Lipinski definition) is 2. The molecule has 1 aliphatic carbocycles. The Hall–Kier alpha value is -1.19. The van der Waals surface area contributed by atoms with Crippen molar-refractivity contribution in [3.63, 3.8) is 0 Å². The van der Waals surface area contributed by atoms with Gasteiger partial charge in [-0.3, -0.25) is 4.57 Å². The van der Waals surface area contributed by atoms with Crippen molar-refractivity contribution >= 4 is 29.2 Å². The highest BCUT2D eigenvalue weighted by atomic mass is 35.5. The second-order valence-electron chi connectivity index (χ2n) is 5.30. The maximum atomic E-state index is 6.30. The highest BCUT2D eigenvalue weighted by Gasteiger charge is 2.18. The van der Waals surface area contributed by atoms with Crippen molar-refractivity contribution in [3.05, 3.63) is 40.1 Å². The van der Waals surface area contributed by atoms with E-state index in [4.69, 9.17) is 23.2 Å². The summed E-state index contributed by atoms with van der Waals surface area (Å²) < 4.78 is 2.01. The fourth-order valence-electron chi connectivity index (χ4n) is 2.71. The SMILES string of the molecule is Cc1cn(-c2ccc(Cl)cc2Cl)c(NC2CCCC2)n1. The summed E-state index contributed by atoms with van der Waals surface area (Å²) in [6.45, 7) is 1.99. The number of nitrogens with one attached hydrogen (secondary N) is 1. The van der Waals surface area contributed by atoms with Crippen molar-refractivity contribution in [2.45, 2.75) is 38.6 Å². The van der Waals surface area contributed by atoms with E-state index >= 15 is 0 Å². The Morgan fingerprint density at radius 2 is 2.00 bits per heavy atom. The van der Waals surface area contributed by atoms with Gasteiger partial charge in [-0.15, -0.1) is 0 Å². The van der Waals surface area contributed by atoms with Crippen LogP contribution in [0, 0.1) is 6.92 Å². The molecule has 3 nitrogen and oxygen atoms in total. The van der Waals surface area contributed by atoms with Gasteiger partial charge < -0.3 is 5.32 Å². The van der Waals surface area contributed by atoms with Gasteiger partial charge in [-0.2, -0.15) is 0 Å². The summed E-state index contributed by atoms with van der Waals surface area (Å²) >= 11 is 12.3. The largest absolute Gasteiger partial charge is 0.353 e. The van der Waals surface area contributed by atoms with Gasteiger partial charge in [-0.05, 0) is 38.0 Å². The van der Waals surface area contributed by atoms with Crippen LogP contribution in [0.15, 0.2) is 24.4 Å². The summed E-state index contributed by atoms with van der Waals surface area (Å²) in [5.41, 5.74) is 1.87. The summed E-state index contributed by atoms with van der Waals surface area (Å²) in [5, 5.41) is 4.80. The Bertz CT molecular complexity index is 616. The van der Waals surface area contributed by atoms with Crippen molar-refractivity contribution in [2.75, 3.05) is 5.32 Å². The molecule has 3 rings (SSSR count). The lowest BCUT2D eigenvalue weighted by Gasteiger charge is -2.15. The van der Waals surface area contributed by atoms with Crippen molar-refractivity contribution in [1.82, 2.24) is 9.55 Å². The van der Waals surface area contributed by atoms with Crippen LogP contribution in [-0.4, -0.2) is 15.6 Å². The van der Waals surface area contributed by atoms with Gasteiger partial charge in [0.25, 0.3) is 0 Å². The quantitative estimate of drug-likeness (QED) is 0.879. The number of aromatic nitrogens is 2. The van der Waals surface area contributed by atoms with Gasteiger partial charge in [0.05, 0.1) is 16.4 Å². The molecule has 0 bridgehead atoms. The van der Waals surface area contributed by atoms with Gasteiger partial charge in [-0.25, -0.2) is 4.98 Å². The van der Waals surface area contributed by atoms with Crippen molar-refractivity contribution in [1.29, 1.82) is 0 Å². The molecule has 5 heteroatoms. The molecule has 1 fully saturated rings. The second kappa shape index (κ2) is 5.66. The molecule has 0 spiro atoms. The predicted molar refractivity (Wildman–Crippen MR) is 84.2 cm³/mol. The van der Waals surface area contributed by atoms with E-state index in [1.165, 1.54) is 25.7 Å². The minimum absolute atomic E-state index is 0.515. The number of aryl methyl sites for hydroxylation is 1. The summed E-state index contributed by atoms with van der Waals surface area (Å²) in [4.78, 5) is 4.57. The molecule has 106 valence electrons. The topological polar surface area (TPSA) is 29.9 Å². The molecule has 1 saturated carbocycles. The Balaban J connectivity index is 1.95. The van der Waals surface area contributed by atoms with Crippen LogP contribution in [0.5, 0.6) is 0 Å². The molecule has 0 atom stereocenters. The highest BCUT2D eigenvalue weighted by Crippen LogP contribution is 2.29. The van der Waals surface area contributed by atoms with E-state index in [1.54, 1.807) is 6.07 Å². The van der Waals surface area contributed by atoms with Crippen LogP contribution in [0.2, 0.25) is 10.0 Å². The number of rotatable bonds is 3. The van der Waals surface area contributed by atoms with Crippen LogP contribution in [0.4, 0.5) is 5.95 Å². The molecule has 1 N–H and O–H groups in total. The van der Waals surface area contributed by atoms with Crippen LogP contribution >= 0.6 is 23.2 Å². The van der Waals surface area contributed by atoms with E-state index in [-0.39, 0.29) is 0 Å². The zero-order valence-electron chi connectivity index (χ0n) is 11.4. The third-order valence-corrected chi connectivity index (χ3v) is 4.22. The van der Waals surface area contributed by atoms with Gasteiger partial charge in [0.2, 0.25) is 5.95 Å². The van der Waals surface area contributed by atoms with E-state index in [0.29, 0.717) is 16.1 Å². The van der Waals surface area contributed by atoms with Gasteiger partial charge in [0.15, 0.2) is 0 Å². The average molecular weight is 310 g/mol. The average Bonchev–Trinajstić information content (AvgIpc) is 3.00. The van der Waals surface area contributed by atoms with Gasteiger partial charge in [-0.1, -0.05) is 36.0 Å². The minimum atomic E-state index is 0.515. The molecule has 0 saturated heterocycles. The second-order valence-corrected chi connectivity index (χ2v) is 6.14. The number of imidazole rings is 1. The van der Waals surface area contributed by atoms with E-state index in [0.717, 1.165) is 17.3 Å². The Morgan fingerprint density at radius 1 is 1.25 bits per heavy atom. The Morgan fingerprint density at radius 3 is 2.70 bits per heavy atom. The van der Waals surface area contributed by atoms with E-state index in [1.807, 2.05) is 29.8 Å². The van der Waals surface area contributed by atoms with Crippen LogP contribution in [-0.2, 0) is 0 Å². The third kappa shape index (κ3) is 2.79. The summed E-state index contributed by atoms with van der Waals surface area (Å²) in [7, 11) is 0.